The zero-order chi connectivity index (χ0) is 25.4. The summed E-state index contributed by atoms with van der Waals surface area (Å²) in [5.41, 5.74) is 1.50. The molecule has 5 rings (SSSR count). The van der Waals surface area contributed by atoms with Crippen molar-refractivity contribution >= 4 is 29.0 Å². The van der Waals surface area contributed by atoms with Crippen LogP contribution in [-0.2, 0) is 23.9 Å². The number of aromatic hydroxyl groups is 1. The van der Waals surface area contributed by atoms with Crippen LogP contribution < -0.4 is 5.73 Å². The number of aliphatic hydroxyl groups is 4. The zero-order valence-corrected chi connectivity index (χ0v) is 18.3. The van der Waals surface area contributed by atoms with Crippen molar-refractivity contribution in [2.75, 3.05) is 0 Å². The first-order valence-corrected chi connectivity index (χ1v) is 10.7. The molecule has 1 fully saturated rings. The highest BCUT2D eigenvalue weighted by molar-refractivity contribution is 6.23. The molecule has 0 unspecified atom stereocenters. The van der Waals surface area contributed by atoms with Gasteiger partial charge in [-0.05, 0) is 23.6 Å². The number of carbonyl (C=O) groups excluding carboxylic acids is 3. The third kappa shape index (κ3) is 2.82. The lowest BCUT2D eigenvalue weighted by atomic mass is 9.55. The smallest absolute Gasteiger partial charge is 0.255 e. The number of fused-ring (bicyclic) bond motifs is 3. The summed E-state index contributed by atoms with van der Waals surface area (Å²) < 4.78 is 10.6. The van der Waals surface area contributed by atoms with Crippen molar-refractivity contribution in [3.8, 4) is 5.75 Å². The highest BCUT2D eigenvalue weighted by Gasteiger charge is 2.65. The summed E-state index contributed by atoms with van der Waals surface area (Å²) in [5.74, 6) is -9.04. The third-order valence-electron chi connectivity index (χ3n) is 7.25. The fourth-order valence-electron chi connectivity index (χ4n) is 5.68. The maximum absolute atomic E-state index is 13.6. The Kier molecular flexibility index (Phi) is 4.83. The average molecular weight is 483 g/mol. The number of benzene rings is 1. The van der Waals surface area contributed by atoms with Crippen molar-refractivity contribution in [1.29, 1.82) is 0 Å². The molecule has 1 amide bonds. The number of ketones is 2. The molecule has 1 heterocycles. The van der Waals surface area contributed by atoms with Crippen LogP contribution in [0.4, 0.5) is 0 Å². The predicted molar refractivity (Wildman–Crippen MR) is 117 cm³/mol. The number of amides is 1. The Morgan fingerprint density at radius 3 is 2.51 bits per heavy atom. The van der Waals surface area contributed by atoms with E-state index >= 15 is 0 Å². The normalized spacial score (nSPS) is 31.7. The third-order valence-corrected chi connectivity index (χ3v) is 7.25. The van der Waals surface area contributed by atoms with E-state index in [4.69, 9.17) is 15.2 Å². The van der Waals surface area contributed by atoms with Gasteiger partial charge >= 0.3 is 0 Å². The van der Waals surface area contributed by atoms with Gasteiger partial charge in [0.05, 0.1) is 11.7 Å². The second-order valence-electron chi connectivity index (χ2n) is 8.91. The van der Waals surface area contributed by atoms with Crippen LogP contribution in [0.15, 0.2) is 47.8 Å². The van der Waals surface area contributed by atoms with Gasteiger partial charge in [-0.2, -0.15) is 0 Å². The van der Waals surface area contributed by atoms with Crippen molar-refractivity contribution in [3.63, 3.8) is 0 Å². The molecule has 11 heteroatoms. The standard InChI is InChI=1S/C24H21NO10/c1-8-14-9(13-7-34-4-5-35-13)2-3-11(26)16(14)20(29)18-15(8)19(28)10-6-12(27)17(23(25)32)21(30)24(10,33)22(18)31/h2-5,7-8,10,15,19,26,28-30,33H,6H2,1H3,(H2,25,32)/t8-,10+,15+,19+,24+/m0/s1. The Balaban J connectivity index is 1.77. The molecule has 0 spiro atoms. The quantitative estimate of drug-likeness (QED) is 0.327. The van der Waals surface area contributed by atoms with Gasteiger partial charge in [-0.3, -0.25) is 14.4 Å². The molecule has 7 N–H and O–H groups in total. The summed E-state index contributed by atoms with van der Waals surface area (Å²) in [6.07, 6.45) is 1.60. The predicted octanol–water partition coefficient (Wildman–Crippen LogP) is 0.772. The van der Waals surface area contributed by atoms with Crippen LogP contribution in [0.5, 0.6) is 5.75 Å². The lowest BCUT2D eigenvalue weighted by Crippen LogP contribution is -2.64. The lowest BCUT2D eigenvalue weighted by molar-refractivity contribution is -0.160. The first-order valence-electron chi connectivity index (χ1n) is 10.7. The number of ether oxygens (including phenoxy) is 2. The number of phenolic OH excluding ortho intramolecular Hbond substituents is 1. The van der Waals surface area contributed by atoms with E-state index < -0.39 is 76.0 Å². The molecule has 1 aromatic rings. The molecule has 0 saturated heterocycles. The highest BCUT2D eigenvalue weighted by Crippen LogP contribution is 2.56. The summed E-state index contributed by atoms with van der Waals surface area (Å²) in [7, 11) is 0. The number of primary amides is 1. The molecule has 0 aromatic heterocycles. The van der Waals surface area contributed by atoms with Gasteiger partial charge < -0.3 is 40.7 Å². The SMILES string of the molecule is C[C@H]1c2c(C3=COC=CO3)ccc(O)c2C(O)=C2C(=O)[C@]3(O)C(O)=C(C(N)=O)C(=O)C[C@@H]3[C@@H](O)[C@@H]21. The highest BCUT2D eigenvalue weighted by atomic mass is 16.5. The molecule has 1 saturated carbocycles. The number of hydrogen-bond donors (Lipinski definition) is 6. The van der Waals surface area contributed by atoms with Crippen LogP contribution in [0.2, 0.25) is 0 Å². The van der Waals surface area contributed by atoms with Gasteiger partial charge in [0.25, 0.3) is 5.91 Å². The van der Waals surface area contributed by atoms with E-state index in [2.05, 4.69) is 0 Å². The minimum absolute atomic E-state index is 0.131. The van der Waals surface area contributed by atoms with E-state index in [9.17, 15) is 39.9 Å². The largest absolute Gasteiger partial charge is 0.508 e. The number of phenols is 1. The Morgan fingerprint density at radius 2 is 1.89 bits per heavy atom. The van der Waals surface area contributed by atoms with Crippen molar-refractivity contribution in [2.45, 2.75) is 31.0 Å². The summed E-state index contributed by atoms with van der Waals surface area (Å²) in [6.45, 7) is 1.63. The summed E-state index contributed by atoms with van der Waals surface area (Å²) >= 11 is 0. The lowest BCUT2D eigenvalue weighted by Gasteiger charge is -2.50. The summed E-state index contributed by atoms with van der Waals surface area (Å²) in [5, 5.41) is 55.1. The average Bonchev–Trinajstić information content (AvgIpc) is 2.82. The topological polar surface area (TPSA) is 197 Å². The Morgan fingerprint density at radius 1 is 1.17 bits per heavy atom. The van der Waals surface area contributed by atoms with E-state index in [1.807, 2.05) is 0 Å². The minimum Gasteiger partial charge on any atom is -0.508 e. The Hall–Kier alpha value is -4.09. The number of nitrogens with two attached hydrogens (primary N) is 1. The Bertz CT molecular complexity index is 1340. The van der Waals surface area contributed by atoms with Crippen molar-refractivity contribution in [1.82, 2.24) is 0 Å². The van der Waals surface area contributed by atoms with Crippen LogP contribution in [0.25, 0.3) is 11.5 Å². The van der Waals surface area contributed by atoms with Crippen LogP contribution in [0.1, 0.15) is 36.0 Å². The molecular formula is C24H21NO10. The molecule has 1 aromatic carbocycles. The number of rotatable bonds is 2. The van der Waals surface area contributed by atoms with Gasteiger partial charge in [-0.15, -0.1) is 0 Å². The number of carbonyl (C=O) groups is 3. The minimum atomic E-state index is -2.88. The summed E-state index contributed by atoms with van der Waals surface area (Å²) in [4.78, 5) is 37.9. The van der Waals surface area contributed by atoms with Gasteiger partial charge in [-0.1, -0.05) is 6.92 Å². The second kappa shape index (κ2) is 7.45. The van der Waals surface area contributed by atoms with E-state index in [-0.39, 0.29) is 17.1 Å². The zero-order valence-electron chi connectivity index (χ0n) is 18.3. The first-order chi connectivity index (χ1) is 16.5. The Labute approximate surface area is 197 Å². The van der Waals surface area contributed by atoms with E-state index in [0.29, 0.717) is 11.1 Å². The molecule has 3 aliphatic carbocycles. The van der Waals surface area contributed by atoms with Crippen molar-refractivity contribution in [3.05, 3.63) is 64.5 Å². The van der Waals surface area contributed by atoms with E-state index in [1.165, 1.54) is 30.9 Å². The fraction of sp³-hybridized carbons (Fsp3) is 0.292. The van der Waals surface area contributed by atoms with Gasteiger partial charge in [0.2, 0.25) is 5.78 Å². The molecule has 11 nitrogen and oxygen atoms in total. The van der Waals surface area contributed by atoms with E-state index in [1.54, 1.807) is 6.92 Å². The first kappa shape index (κ1) is 22.7. The molecule has 0 bridgehead atoms. The fourth-order valence-corrected chi connectivity index (χ4v) is 5.68. The van der Waals surface area contributed by atoms with Gasteiger partial charge in [0.1, 0.15) is 41.6 Å². The van der Waals surface area contributed by atoms with Gasteiger partial charge in [-0.25, -0.2) is 0 Å². The molecule has 1 aliphatic heterocycles. The second-order valence-corrected chi connectivity index (χ2v) is 8.91. The number of hydrogen-bond acceptors (Lipinski definition) is 10. The molecule has 0 radical (unpaired) electrons. The van der Waals surface area contributed by atoms with Crippen molar-refractivity contribution in [2.24, 2.45) is 17.6 Å². The number of aliphatic hydroxyl groups excluding tert-OH is 3. The molecule has 4 aliphatic rings. The van der Waals surface area contributed by atoms with Crippen molar-refractivity contribution < 1.29 is 49.4 Å². The molecule has 182 valence electrons. The molecular weight excluding hydrogens is 462 g/mol. The van der Waals surface area contributed by atoms with Gasteiger partial charge in [0.15, 0.2) is 17.1 Å². The van der Waals surface area contributed by atoms with Crippen LogP contribution in [0, 0.1) is 11.8 Å². The maximum atomic E-state index is 13.6. The van der Waals surface area contributed by atoms with E-state index in [0.717, 1.165) is 0 Å². The van der Waals surface area contributed by atoms with Gasteiger partial charge in [0, 0.05) is 29.4 Å². The van der Waals surface area contributed by atoms with Crippen LogP contribution in [0.3, 0.4) is 0 Å². The summed E-state index contributed by atoms with van der Waals surface area (Å²) in [6, 6.07) is 2.78. The van der Waals surface area contributed by atoms with Crippen LogP contribution in [-0.4, -0.2) is 54.7 Å². The maximum Gasteiger partial charge on any atom is 0.255 e. The molecule has 35 heavy (non-hydrogen) atoms. The van der Waals surface area contributed by atoms with Crippen LogP contribution >= 0.6 is 0 Å². The monoisotopic (exact) mass is 483 g/mol. The number of Topliss-reactive ketones (excluding diaryl/α,β-unsaturated/α-hetero) is 2. The molecule has 5 atom stereocenters.